The summed E-state index contributed by atoms with van der Waals surface area (Å²) in [6.07, 6.45) is 2.76. The molecule has 3 heteroatoms. The molecule has 0 unspecified atom stereocenters. The van der Waals surface area contributed by atoms with Gasteiger partial charge in [-0.25, -0.2) is 0 Å². The van der Waals surface area contributed by atoms with E-state index in [1.807, 2.05) is 16.7 Å². The molecule has 0 aliphatic carbocycles. The molecule has 16 heavy (non-hydrogen) atoms. The average molecular weight is 216 g/mol. The van der Waals surface area contributed by atoms with Crippen LogP contribution in [0.15, 0.2) is 35.3 Å². The Morgan fingerprint density at radius 2 is 2.12 bits per heavy atom. The fourth-order valence-corrected chi connectivity index (χ4v) is 1.74. The highest BCUT2D eigenvalue weighted by molar-refractivity contribution is 5.73. The van der Waals surface area contributed by atoms with Gasteiger partial charge in [0.15, 0.2) is 0 Å². The lowest BCUT2D eigenvalue weighted by atomic mass is 10.1. The maximum Gasteiger partial charge on any atom is 0.251 e. The van der Waals surface area contributed by atoms with E-state index < -0.39 is 0 Å². The lowest BCUT2D eigenvalue weighted by molar-refractivity contribution is 0.516. The number of hydrogen-bond acceptors (Lipinski definition) is 2. The Labute approximate surface area is 94.7 Å². The lowest BCUT2D eigenvalue weighted by Crippen LogP contribution is -2.20. The van der Waals surface area contributed by atoms with Gasteiger partial charge in [0.25, 0.3) is 5.56 Å². The molecule has 0 aliphatic heterocycles. The van der Waals surface area contributed by atoms with Crippen LogP contribution in [0.5, 0.6) is 0 Å². The van der Waals surface area contributed by atoms with Gasteiger partial charge in [-0.3, -0.25) is 9.78 Å². The van der Waals surface area contributed by atoms with E-state index in [0.717, 1.165) is 24.0 Å². The molecular formula is C13H16N2O. The Morgan fingerprint density at radius 1 is 1.31 bits per heavy atom. The first-order valence-electron chi connectivity index (χ1n) is 5.63. The van der Waals surface area contributed by atoms with Crippen molar-refractivity contribution in [3.63, 3.8) is 0 Å². The van der Waals surface area contributed by atoms with E-state index in [9.17, 15) is 4.79 Å². The number of rotatable bonds is 3. The van der Waals surface area contributed by atoms with E-state index in [4.69, 9.17) is 0 Å². The van der Waals surface area contributed by atoms with Crippen molar-refractivity contribution < 1.29 is 0 Å². The summed E-state index contributed by atoms with van der Waals surface area (Å²) in [4.78, 5) is 16.0. The maximum atomic E-state index is 11.8. The zero-order valence-electron chi connectivity index (χ0n) is 9.68. The van der Waals surface area contributed by atoms with Crippen LogP contribution >= 0.6 is 0 Å². The standard InChI is InChI=1S/C13H16N2O/c1-10(2)7-9-15-12-4-3-8-14-11(12)5-6-13(15)16/h3-6,8,10H,7,9H2,1-2H3. The van der Waals surface area contributed by atoms with Crippen LogP contribution in [0.25, 0.3) is 11.0 Å². The van der Waals surface area contributed by atoms with Crippen molar-refractivity contribution in [2.75, 3.05) is 0 Å². The number of aryl methyl sites for hydroxylation is 1. The van der Waals surface area contributed by atoms with E-state index in [1.54, 1.807) is 18.3 Å². The number of pyridine rings is 2. The summed E-state index contributed by atoms with van der Waals surface area (Å²) in [6.45, 7) is 5.09. The molecule has 0 amide bonds. The van der Waals surface area contributed by atoms with Gasteiger partial charge in [0.2, 0.25) is 0 Å². The normalized spacial score (nSPS) is 11.2. The molecule has 84 valence electrons. The molecule has 2 aromatic rings. The highest BCUT2D eigenvalue weighted by Crippen LogP contribution is 2.10. The minimum Gasteiger partial charge on any atom is -0.307 e. The molecule has 0 saturated heterocycles. The zero-order chi connectivity index (χ0) is 11.5. The summed E-state index contributed by atoms with van der Waals surface area (Å²) in [6, 6.07) is 7.19. The van der Waals surface area contributed by atoms with Gasteiger partial charge in [0.1, 0.15) is 0 Å². The molecule has 0 saturated carbocycles. The molecule has 2 aromatic heterocycles. The van der Waals surface area contributed by atoms with Crippen molar-refractivity contribution in [2.24, 2.45) is 5.92 Å². The van der Waals surface area contributed by atoms with Gasteiger partial charge >= 0.3 is 0 Å². The SMILES string of the molecule is CC(C)CCn1c(=O)ccc2ncccc21. The van der Waals surface area contributed by atoms with E-state index in [0.29, 0.717) is 5.92 Å². The van der Waals surface area contributed by atoms with Crippen molar-refractivity contribution in [1.82, 2.24) is 9.55 Å². The van der Waals surface area contributed by atoms with Crippen LogP contribution in [-0.2, 0) is 6.54 Å². The zero-order valence-corrected chi connectivity index (χ0v) is 9.68. The van der Waals surface area contributed by atoms with E-state index in [2.05, 4.69) is 18.8 Å². The number of hydrogen-bond donors (Lipinski definition) is 0. The molecular weight excluding hydrogens is 200 g/mol. The third-order valence-electron chi connectivity index (χ3n) is 2.69. The average Bonchev–Trinajstić information content (AvgIpc) is 2.27. The summed E-state index contributed by atoms with van der Waals surface area (Å²) in [5.41, 5.74) is 1.86. The summed E-state index contributed by atoms with van der Waals surface area (Å²) in [7, 11) is 0. The molecule has 3 nitrogen and oxygen atoms in total. The van der Waals surface area contributed by atoms with Gasteiger partial charge in [-0.2, -0.15) is 0 Å². The van der Waals surface area contributed by atoms with E-state index in [1.165, 1.54) is 0 Å². The van der Waals surface area contributed by atoms with Crippen LogP contribution < -0.4 is 5.56 Å². The number of nitrogens with zero attached hydrogens (tertiary/aromatic N) is 2. The summed E-state index contributed by atoms with van der Waals surface area (Å²) in [5, 5.41) is 0. The minimum atomic E-state index is 0.0566. The van der Waals surface area contributed by atoms with Crippen molar-refractivity contribution in [3.05, 3.63) is 40.8 Å². The summed E-state index contributed by atoms with van der Waals surface area (Å²) in [5.74, 6) is 0.596. The fraction of sp³-hybridized carbons (Fsp3) is 0.385. The Bertz CT molecular complexity index is 543. The van der Waals surface area contributed by atoms with Gasteiger partial charge in [-0.05, 0) is 30.5 Å². The number of aromatic nitrogens is 2. The fourth-order valence-electron chi connectivity index (χ4n) is 1.74. The molecule has 0 fully saturated rings. The molecule has 0 N–H and O–H groups in total. The third kappa shape index (κ3) is 2.13. The topological polar surface area (TPSA) is 34.9 Å². The smallest absolute Gasteiger partial charge is 0.251 e. The first kappa shape index (κ1) is 10.9. The van der Waals surface area contributed by atoms with Crippen LogP contribution in [0.3, 0.4) is 0 Å². The van der Waals surface area contributed by atoms with Crippen molar-refractivity contribution >= 4 is 11.0 Å². The highest BCUT2D eigenvalue weighted by Gasteiger charge is 2.03. The van der Waals surface area contributed by atoms with Crippen LogP contribution in [0.1, 0.15) is 20.3 Å². The first-order valence-corrected chi connectivity index (χ1v) is 5.63. The third-order valence-corrected chi connectivity index (χ3v) is 2.69. The molecule has 0 aromatic carbocycles. The lowest BCUT2D eigenvalue weighted by Gasteiger charge is -2.10. The Kier molecular flexibility index (Phi) is 3.04. The van der Waals surface area contributed by atoms with Crippen LogP contribution in [0.4, 0.5) is 0 Å². The molecule has 2 rings (SSSR count). The Hall–Kier alpha value is -1.64. The van der Waals surface area contributed by atoms with Gasteiger partial charge in [-0.1, -0.05) is 13.8 Å². The predicted molar refractivity (Wildman–Crippen MR) is 65.5 cm³/mol. The summed E-state index contributed by atoms with van der Waals surface area (Å²) < 4.78 is 1.81. The second kappa shape index (κ2) is 4.47. The predicted octanol–water partition coefficient (Wildman–Crippen LogP) is 2.44. The molecule has 2 heterocycles. The van der Waals surface area contributed by atoms with Gasteiger partial charge in [0.05, 0.1) is 11.0 Å². The molecule has 0 aliphatic rings. The van der Waals surface area contributed by atoms with Crippen molar-refractivity contribution in [2.45, 2.75) is 26.8 Å². The molecule has 0 bridgehead atoms. The van der Waals surface area contributed by atoms with Gasteiger partial charge in [-0.15, -0.1) is 0 Å². The maximum absolute atomic E-state index is 11.8. The quantitative estimate of drug-likeness (QED) is 0.789. The Balaban J connectivity index is 2.49. The largest absolute Gasteiger partial charge is 0.307 e. The second-order valence-corrected chi connectivity index (χ2v) is 4.41. The highest BCUT2D eigenvalue weighted by atomic mass is 16.1. The molecule has 0 spiro atoms. The monoisotopic (exact) mass is 216 g/mol. The molecule has 0 atom stereocenters. The van der Waals surface area contributed by atoms with Crippen molar-refractivity contribution in [3.8, 4) is 0 Å². The summed E-state index contributed by atoms with van der Waals surface area (Å²) >= 11 is 0. The van der Waals surface area contributed by atoms with Crippen LogP contribution in [0, 0.1) is 5.92 Å². The molecule has 0 radical (unpaired) electrons. The van der Waals surface area contributed by atoms with E-state index in [-0.39, 0.29) is 5.56 Å². The second-order valence-electron chi connectivity index (χ2n) is 4.41. The van der Waals surface area contributed by atoms with Gasteiger partial charge in [0, 0.05) is 18.8 Å². The first-order chi connectivity index (χ1) is 7.68. The minimum absolute atomic E-state index is 0.0566. The van der Waals surface area contributed by atoms with Crippen molar-refractivity contribution in [1.29, 1.82) is 0 Å². The Morgan fingerprint density at radius 3 is 2.88 bits per heavy atom. The van der Waals surface area contributed by atoms with Crippen LogP contribution in [-0.4, -0.2) is 9.55 Å². The van der Waals surface area contributed by atoms with Crippen LogP contribution in [0.2, 0.25) is 0 Å². The van der Waals surface area contributed by atoms with E-state index >= 15 is 0 Å². The number of fused-ring (bicyclic) bond motifs is 1. The van der Waals surface area contributed by atoms with Gasteiger partial charge < -0.3 is 4.57 Å².